The SMILES string of the molecule is NC(=O)[C@@H](CCCNC(N)=N[N+](=O)[O-])N(Cc1ccc(O)cc1)C(=O)COc1ccc(Cl)cc1Cl. The van der Waals surface area contributed by atoms with E-state index in [1.54, 1.807) is 18.2 Å². The molecule has 0 aliphatic carbocycles. The fourth-order valence-corrected chi connectivity index (χ4v) is 3.53. The molecule has 0 aliphatic heterocycles. The van der Waals surface area contributed by atoms with Crippen LogP contribution in [-0.4, -0.2) is 52.0 Å². The maximum atomic E-state index is 13.1. The first-order valence-corrected chi connectivity index (χ1v) is 11.0. The summed E-state index contributed by atoms with van der Waals surface area (Å²) in [4.78, 5) is 37.0. The van der Waals surface area contributed by atoms with E-state index in [0.29, 0.717) is 10.6 Å². The molecule has 0 fully saturated rings. The number of phenolic OH excluding ortho intramolecular Hbond substituents is 1. The average molecular weight is 527 g/mol. The van der Waals surface area contributed by atoms with Gasteiger partial charge in [0.1, 0.15) is 22.6 Å². The number of benzene rings is 2. The van der Waals surface area contributed by atoms with Crippen LogP contribution >= 0.6 is 23.2 Å². The first-order valence-electron chi connectivity index (χ1n) is 10.2. The van der Waals surface area contributed by atoms with E-state index in [1.165, 1.54) is 29.2 Å². The van der Waals surface area contributed by atoms with Gasteiger partial charge < -0.3 is 31.5 Å². The number of phenols is 1. The number of nitro groups is 1. The van der Waals surface area contributed by atoms with E-state index in [1.807, 2.05) is 0 Å². The molecule has 0 radical (unpaired) electrons. The van der Waals surface area contributed by atoms with E-state index in [2.05, 4.69) is 10.4 Å². The van der Waals surface area contributed by atoms with Crippen LogP contribution in [-0.2, 0) is 16.1 Å². The summed E-state index contributed by atoms with van der Waals surface area (Å²) >= 11 is 12.0. The molecule has 2 aromatic rings. The second-order valence-corrected chi connectivity index (χ2v) is 8.11. The third-order valence-corrected chi connectivity index (χ3v) is 5.24. The molecule has 188 valence electrons. The molecule has 0 spiro atoms. The highest BCUT2D eigenvalue weighted by Crippen LogP contribution is 2.27. The minimum absolute atomic E-state index is 0.00276. The molecule has 2 amide bonds. The van der Waals surface area contributed by atoms with Crippen LogP contribution < -0.4 is 21.5 Å². The lowest BCUT2D eigenvalue weighted by atomic mass is 10.1. The number of hydrogen-bond acceptors (Lipinski definition) is 6. The number of hydrazone groups is 1. The van der Waals surface area contributed by atoms with E-state index in [-0.39, 0.29) is 42.5 Å². The Balaban J connectivity index is 2.15. The van der Waals surface area contributed by atoms with E-state index < -0.39 is 35.5 Å². The zero-order chi connectivity index (χ0) is 26.0. The molecule has 2 aromatic carbocycles. The number of hydrogen-bond donors (Lipinski definition) is 4. The van der Waals surface area contributed by atoms with Crippen molar-refractivity contribution in [1.82, 2.24) is 10.2 Å². The molecule has 0 saturated heterocycles. The summed E-state index contributed by atoms with van der Waals surface area (Å²) in [5.74, 6) is -1.42. The molecule has 0 saturated carbocycles. The third kappa shape index (κ3) is 9.18. The van der Waals surface area contributed by atoms with Crippen molar-refractivity contribution in [1.29, 1.82) is 0 Å². The van der Waals surface area contributed by atoms with Crippen LogP contribution in [0.5, 0.6) is 11.5 Å². The quantitative estimate of drug-likeness (QED) is 0.106. The fraction of sp³-hybridized carbons (Fsp3) is 0.286. The van der Waals surface area contributed by atoms with Crippen LogP contribution in [0.1, 0.15) is 18.4 Å². The van der Waals surface area contributed by atoms with Crippen molar-refractivity contribution in [3.8, 4) is 11.5 Å². The number of amides is 2. The van der Waals surface area contributed by atoms with Gasteiger partial charge in [-0.15, -0.1) is 0 Å². The molecule has 1 atom stereocenters. The highest BCUT2D eigenvalue weighted by atomic mass is 35.5. The molecule has 0 bridgehead atoms. The monoisotopic (exact) mass is 526 g/mol. The summed E-state index contributed by atoms with van der Waals surface area (Å²) in [6, 6.07) is 9.58. The van der Waals surface area contributed by atoms with Gasteiger partial charge in [0.15, 0.2) is 11.6 Å². The normalized spacial score (nSPS) is 12.0. The third-order valence-electron chi connectivity index (χ3n) is 4.71. The first kappa shape index (κ1) is 27.5. The molecule has 6 N–H and O–H groups in total. The van der Waals surface area contributed by atoms with E-state index in [0.717, 1.165) is 0 Å². The van der Waals surface area contributed by atoms with Gasteiger partial charge in [0.05, 0.1) is 5.02 Å². The molecule has 2 rings (SSSR count). The van der Waals surface area contributed by atoms with Crippen molar-refractivity contribution in [2.24, 2.45) is 16.6 Å². The van der Waals surface area contributed by atoms with Gasteiger partial charge in [0.2, 0.25) is 5.91 Å². The second kappa shape index (κ2) is 13.2. The molecule has 12 nitrogen and oxygen atoms in total. The highest BCUT2D eigenvalue weighted by molar-refractivity contribution is 6.35. The Morgan fingerprint density at radius 1 is 1.20 bits per heavy atom. The Labute approximate surface area is 210 Å². The van der Waals surface area contributed by atoms with Crippen molar-refractivity contribution < 1.29 is 24.5 Å². The largest absolute Gasteiger partial charge is 0.508 e. The number of guanidine groups is 1. The fourth-order valence-electron chi connectivity index (χ4n) is 3.07. The molecule has 0 unspecified atom stereocenters. The van der Waals surface area contributed by atoms with Crippen LogP contribution in [0.2, 0.25) is 10.0 Å². The number of primary amides is 1. The van der Waals surface area contributed by atoms with Gasteiger partial charge in [-0.25, -0.2) is 10.1 Å². The molecule has 0 aromatic heterocycles. The summed E-state index contributed by atoms with van der Waals surface area (Å²) in [6.07, 6.45) is 0.407. The maximum Gasteiger partial charge on any atom is 0.266 e. The van der Waals surface area contributed by atoms with Crippen molar-refractivity contribution >= 4 is 41.0 Å². The molecular weight excluding hydrogens is 503 g/mol. The van der Waals surface area contributed by atoms with Crippen molar-refractivity contribution in [3.63, 3.8) is 0 Å². The predicted molar refractivity (Wildman–Crippen MR) is 129 cm³/mol. The predicted octanol–water partition coefficient (Wildman–Crippen LogP) is 1.84. The molecule has 0 aliphatic rings. The Hall–Kier alpha value is -3.77. The molecule has 0 heterocycles. The van der Waals surface area contributed by atoms with Crippen molar-refractivity contribution in [2.75, 3.05) is 13.2 Å². The maximum absolute atomic E-state index is 13.1. The minimum atomic E-state index is -1.03. The van der Waals surface area contributed by atoms with Crippen LogP contribution in [0.25, 0.3) is 0 Å². The number of halogens is 2. The number of rotatable bonds is 12. The lowest BCUT2D eigenvalue weighted by Gasteiger charge is -2.30. The highest BCUT2D eigenvalue weighted by Gasteiger charge is 2.28. The number of carbonyl (C=O) groups excluding carboxylic acids is 2. The van der Waals surface area contributed by atoms with Crippen LogP contribution in [0.3, 0.4) is 0 Å². The number of carbonyl (C=O) groups is 2. The topological polar surface area (TPSA) is 186 Å². The number of nitrogens with one attached hydrogen (secondary N) is 1. The summed E-state index contributed by atoms with van der Waals surface area (Å²) in [6.45, 7) is -0.294. The number of ether oxygens (including phenoxy) is 1. The zero-order valence-corrected chi connectivity index (χ0v) is 19.9. The number of nitrogens with two attached hydrogens (primary N) is 2. The Kier molecular flexibility index (Phi) is 10.4. The lowest BCUT2D eigenvalue weighted by Crippen LogP contribution is -2.49. The number of nitrogens with zero attached hydrogens (tertiary/aromatic N) is 3. The van der Waals surface area contributed by atoms with Gasteiger partial charge in [0.25, 0.3) is 11.9 Å². The Morgan fingerprint density at radius 3 is 2.49 bits per heavy atom. The van der Waals surface area contributed by atoms with E-state index in [4.69, 9.17) is 39.4 Å². The Morgan fingerprint density at radius 2 is 1.89 bits per heavy atom. The lowest BCUT2D eigenvalue weighted by molar-refractivity contribution is -0.485. The van der Waals surface area contributed by atoms with Gasteiger partial charge >= 0.3 is 0 Å². The average Bonchev–Trinajstić information content (AvgIpc) is 2.77. The van der Waals surface area contributed by atoms with Gasteiger partial charge in [-0.3, -0.25) is 9.59 Å². The van der Waals surface area contributed by atoms with Crippen LogP contribution in [0.4, 0.5) is 0 Å². The summed E-state index contributed by atoms with van der Waals surface area (Å²) in [5, 5.41) is 25.0. The Bertz CT molecular complexity index is 1080. The van der Waals surface area contributed by atoms with Crippen molar-refractivity contribution in [3.05, 3.63) is 68.2 Å². The standard InChI is InChI=1S/C21H24Cl2N6O6/c22-14-5-8-18(16(23)10-14)35-12-19(31)28(11-13-3-6-15(30)7-4-13)17(20(24)32)2-1-9-26-21(25)27-29(33)34/h3-8,10,17,30H,1-2,9,11-12H2,(H2,24,32)(H3,25,26,27)/t17-/m1/s1. The first-order chi connectivity index (χ1) is 16.6. The zero-order valence-electron chi connectivity index (χ0n) is 18.4. The van der Waals surface area contributed by atoms with Crippen LogP contribution in [0.15, 0.2) is 47.6 Å². The smallest absolute Gasteiger partial charge is 0.266 e. The number of aromatic hydroxyl groups is 1. The van der Waals surface area contributed by atoms with Gasteiger partial charge in [-0.1, -0.05) is 35.3 Å². The molecular formula is C21H24Cl2N6O6. The second-order valence-electron chi connectivity index (χ2n) is 7.26. The summed E-state index contributed by atoms with van der Waals surface area (Å²) in [5.41, 5.74) is 11.6. The van der Waals surface area contributed by atoms with Gasteiger partial charge in [-0.05, 0) is 48.7 Å². The van der Waals surface area contributed by atoms with Gasteiger partial charge in [0, 0.05) is 18.1 Å². The minimum Gasteiger partial charge on any atom is -0.508 e. The van der Waals surface area contributed by atoms with Gasteiger partial charge in [-0.2, -0.15) is 0 Å². The summed E-state index contributed by atoms with van der Waals surface area (Å²) < 4.78 is 5.53. The summed E-state index contributed by atoms with van der Waals surface area (Å²) in [7, 11) is 0. The molecule has 35 heavy (non-hydrogen) atoms. The van der Waals surface area contributed by atoms with Crippen LogP contribution in [0, 0.1) is 10.1 Å². The molecule has 14 heteroatoms. The van der Waals surface area contributed by atoms with E-state index >= 15 is 0 Å². The van der Waals surface area contributed by atoms with E-state index in [9.17, 15) is 24.8 Å². The van der Waals surface area contributed by atoms with Crippen molar-refractivity contribution in [2.45, 2.75) is 25.4 Å².